The first-order valence-electron chi connectivity index (χ1n) is 12.3. The van der Waals surface area contributed by atoms with Crippen LogP contribution in [0, 0.1) is 5.92 Å². The Morgan fingerprint density at radius 1 is 0.941 bits per heavy atom. The number of aliphatic imine (C=N–C) groups is 1. The minimum atomic E-state index is -0.463. The van der Waals surface area contributed by atoms with Crippen LogP contribution in [0.3, 0.4) is 0 Å². The molecule has 2 unspecified atom stereocenters. The fourth-order valence-corrected chi connectivity index (χ4v) is 5.40. The van der Waals surface area contributed by atoms with Crippen molar-refractivity contribution in [2.24, 2.45) is 10.9 Å². The van der Waals surface area contributed by atoms with Crippen molar-refractivity contribution >= 4 is 17.9 Å². The maximum Gasteiger partial charge on any atom is 0.325 e. The molecule has 0 aliphatic carbocycles. The van der Waals surface area contributed by atoms with Gasteiger partial charge in [-0.1, -0.05) is 60.7 Å². The summed E-state index contributed by atoms with van der Waals surface area (Å²) in [6.07, 6.45) is 4.70. The normalized spacial score (nSPS) is 23.1. The lowest BCUT2D eigenvalue weighted by molar-refractivity contribution is -0.127. The maximum atomic E-state index is 12.9. The van der Waals surface area contributed by atoms with Gasteiger partial charge in [0.25, 0.3) is 5.91 Å². The van der Waals surface area contributed by atoms with Crippen molar-refractivity contribution in [3.8, 4) is 0 Å². The molecule has 3 amide bonds. The number of carbonyl (C=O) groups excluding carboxylic acids is 2. The molecule has 3 heterocycles. The van der Waals surface area contributed by atoms with Crippen LogP contribution in [0.25, 0.3) is 0 Å². The van der Waals surface area contributed by atoms with Gasteiger partial charge in [0.15, 0.2) is 18.2 Å². The highest BCUT2D eigenvalue weighted by molar-refractivity contribution is 6.03. The van der Waals surface area contributed by atoms with Crippen LogP contribution in [0.4, 0.5) is 4.79 Å². The molecule has 7 nitrogen and oxygen atoms in total. The van der Waals surface area contributed by atoms with Crippen molar-refractivity contribution in [1.29, 1.82) is 0 Å². The molecule has 34 heavy (non-hydrogen) atoms. The number of nitrogens with zero attached hydrogens (tertiary/aromatic N) is 4. The Bertz CT molecular complexity index is 1030. The first-order valence-corrected chi connectivity index (χ1v) is 12.3. The van der Waals surface area contributed by atoms with Crippen molar-refractivity contribution in [3.63, 3.8) is 0 Å². The van der Waals surface area contributed by atoms with Gasteiger partial charge in [0.2, 0.25) is 0 Å². The van der Waals surface area contributed by atoms with Crippen LogP contribution in [0.1, 0.15) is 30.4 Å². The molecule has 3 aliphatic rings. The van der Waals surface area contributed by atoms with E-state index in [1.807, 2.05) is 6.07 Å². The molecule has 0 aromatic heterocycles. The molecule has 3 aliphatic heterocycles. The summed E-state index contributed by atoms with van der Waals surface area (Å²) in [5, 5.41) is 2.51. The van der Waals surface area contributed by atoms with E-state index in [1.165, 1.54) is 11.1 Å². The summed E-state index contributed by atoms with van der Waals surface area (Å²) in [5.74, 6) is 1.28. The van der Waals surface area contributed by atoms with Crippen molar-refractivity contribution < 1.29 is 9.59 Å². The molecular formula is C27H33N5O2. The monoisotopic (exact) mass is 459 g/mol. The molecule has 178 valence electrons. The van der Waals surface area contributed by atoms with Crippen molar-refractivity contribution in [2.45, 2.75) is 44.3 Å². The number of benzene rings is 2. The van der Waals surface area contributed by atoms with E-state index >= 15 is 0 Å². The number of aryl methyl sites for hydroxylation is 1. The van der Waals surface area contributed by atoms with E-state index in [0.29, 0.717) is 5.92 Å². The van der Waals surface area contributed by atoms with Gasteiger partial charge in [-0.15, -0.1) is 0 Å². The van der Waals surface area contributed by atoms with Crippen LogP contribution in [-0.2, 0) is 17.6 Å². The number of imide groups is 1. The summed E-state index contributed by atoms with van der Waals surface area (Å²) in [6, 6.07) is 20.3. The summed E-state index contributed by atoms with van der Waals surface area (Å²) in [6.45, 7) is 2.57. The van der Waals surface area contributed by atoms with Crippen LogP contribution in [0.15, 0.2) is 65.7 Å². The van der Waals surface area contributed by atoms with E-state index in [0.717, 1.165) is 57.7 Å². The molecule has 1 N–H and O–H groups in total. The minimum absolute atomic E-state index is 0.245. The zero-order valence-corrected chi connectivity index (χ0v) is 19.8. The van der Waals surface area contributed by atoms with E-state index in [1.54, 1.807) is 11.9 Å². The fourth-order valence-electron chi connectivity index (χ4n) is 5.40. The fraction of sp³-hybridized carbons (Fsp3) is 0.444. The van der Waals surface area contributed by atoms with Gasteiger partial charge in [-0.05, 0) is 49.1 Å². The summed E-state index contributed by atoms with van der Waals surface area (Å²) in [5.41, 5.74) is 2.68. The number of carbonyl (C=O) groups is 2. The van der Waals surface area contributed by atoms with Crippen molar-refractivity contribution in [2.75, 3.05) is 26.7 Å². The number of piperidine rings is 1. The highest BCUT2D eigenvalue weighted by atomic mass is 16.2. The van der Waals surface area contributed by atoms with E-state index in [4.69, 9.17) is 4.99 Å². The van der Waals surface area contributed by atoms with Crippen LogP contribution < -0.4 is 5.32 Å². The van der Waals surface area contributed by atoms with Crippen LogP contribution >= 0.6 is 0 Å². The summed E-state index contributed by atoms with van der Waals surface area (Å²) < 4.78 is 0. The third-order valence-corrected chi connectivity index (χ3v) is 7.31. The van der Waals surface area contributed by atoms with E-state index in [-0.39, 0.29) is 11.9 Å². The average molecular weight is 460 g/mol. The lowest BCUT2D eigenvalue weighted by Crippen LogP contribution is -2.64. The number of amides is 3. The third kappa shape index (κ3) is 4.65. The molecule has 2 aromatic carbocycles. The molecule has 2 aromatic rings. The lowest BCUT2D eigenvalue weighted by atomic mass is 9.90. The number of hydrogen-bond acceptors (Lipinski definition) is 5. The highest BCUT2D eigenvalue weighted by Gasteiger charge is 2.49. The Labute approximate surface area is 201 Å². The molecule has 0 bridgehead atoms. The van der Waals surface area contributed by atoms with E-state index < -0.39 is 12.2 Å². The largest absolute Gasteiger partial charge is 0.343 e. The second-order valence-electron chi connectivity index (χ2n) is 9.60. The molecule has 7 heteroatoms. The Morgan fingerprint density at radius 2 is 1.59 bits per heavy atom. The number of guanidine groups is 1. The Hall–Kier alpha value is -3.35. The lowest BCUT2D eigenvalue weighted by Gasteiger charge is -2.39. The minimum Gasteiger partial charge on any atom is -0.343 e. The van der Waals surface area contributed by atoms with Gasteiger partial charge in [0, 0.05) is 26.7 Å². The smallest absolute Gasteiger partial charge is 0.325 e. The molecule has 2 atom stereocenters. The zero-order chi connectivity index (χ0) is 23.5. The molecular weight excluding hydrogens is 426 g/mol. The van der Waals surface area contributed by atoms with Crippen LogP contribution in [0.5, 0.6) is 0 Å². The quantitative estimate of drug-likeness (QED) is 0.721. The SMILES string of the molecule is CN1C(=O)NC(=O)C2C1N=C(N1CCC(Cc3ccccc3)CC1)N2CCCc1ccccc1. The molecule has 0 radical (unpaired) electrons. The number of urea groups is 1. The van der Waals surface area contributed by atoms with Crippen LogP contribution in [-0.4, -0.2) is 71.5 Å². The first-order chi connectivity index (χ1) is 16.6. The van der Waals surface area contributed by atoms with Gasteiger partial charge in [0.05, 0.1) is 0 Å². The average Bonchev–Trinajstić information content (AvgIpc) is 3.25. The molecule has 0 saturated carbocycles. The maximum absolute atomic E-state index is 12.9. The van der Waals surface area contributed by atoms with Gasteiger partial charge in [-0.25, -0.2) is 9.79 Å². The predicted octanol–water partition coefficient (Wildman–Crippen LogP) is 3.12. The van der Waals surface area contributed by atoms with Gasteiger partial charge in [0.1, 0.15) is 0 Å². The number of likely N-dealkylation sites (tertiary alicyclic amines) is 1. The number of likely N-dealkylation sites (N-methyl/N-ethyl adjacent to an activating group) is 1. The van der Waals surface area contributed by atoms with Gasteiger partial charge in [-0.2, -0.15) is 0 Å². The van der Waals surface area contributed by atoms with Gasteiger partial charge in [-0.3, -0.25) is 10.1 Å². The molecule has 0 spiro atoms. The van der Waals surface area contributed by atoms with Gasteiger partial charge < -0.3 is 14.7 Å². The number of nitrogens with one attached hydrogen (secondary N) is 1. The van der Waals surface area contributed by atoms with Crippen molar-refractivity contribution in [1.82, 2.24) is 20.0 Å². The molecule has 2 saturated heterocycles. The number of hydrogen-bond donors (Lipinski definition) is 1. The predicted molar refractivity (Wildman–Crippen MR) is 132 cm³/mol. The zero-order valence-electron chi connectivity index (χ0n) is 19.8. The summed E-state index contributed by atoms with van der Waals surface area (Å²) >= 11 is 0. The second-order valence-corrected chi connectivity index (χ2v) is 9.60. The van der Waals surface area contributed by atoms with Crippen LogP contribution in [0.2, 0.25) is 0 Å². The van der Waals surface area contributed by atoms with E-state index in [2.05, 4.69) is 69.7 Å². The topological polar surface area (TPSA) is 68.2 Å². The Kier molecular flexibility index (Phi) is 6.52. The highest BCUT2D eigenvalue weighted by Crippen LogP contribution is 2.29. The standard InChI is InChI=1S/C27H33N5O2/c1-30-24-23(25(33)29-27(30)34)32(16-8-13-20-9-4-2-5-10-20)26(28-24)31-17-14-22(15-18-31)19-21-11-6-3-7-12-21/h2-7,9-12,22-24H,8,13-19H2,1H3,(H,29,33,34). The Balaban J connectivity index is 1.28. The third-order valence-electron chi connectivity index (χ3n) is 7.31. The molecule has 5 rings (SSSR count). The Morgan fingerprint density at radius 3 is 2.26 bits per heavy atom. The summed E-state index contributed by atoms with van der Waals surface area (Å²) in [7, 11) is 1.72. The number of rotatable bonds is 6. The molecule has 2 fully saturated rings. The second kappa shape index (κ2) is 9.87. The van der Waals surface area contributed by atoms with Gasteiger partial charge >= 0.3 is 6.03 Å². The first kappa shape index (κ1) is 22.4. The van der Waals surface area contributed by atoms with Crippen molar-refractivity contribution in [3.05, 3.63) is 71.8 Å². The number of fused-ring (bicyclic) bond motifs is 1. The summed E-state index contributed by atoms with van der Waals surface area (Å²) in [4.78, 5) is 36.1. The van der Waals surface area contributed by atoms with E-state index in [9.17, 15) is 9.59 Å².